The summed E-state index contributed by atoms with van der Waals surface area (Å²) in [7, 11) is 2.24. The molecule has 1 aromatic carbocycles. The Labute approximate surface area is 114 Å². The summed E-state index contributed by atoms with van der Waals surface area (Å²) in [6, 6.07) is 8.90. The molecule has 0 aliphatic carbocycles. The van der Waals surface area contributed by atoms with Crippen LogP contribution >= 0.6 is 0 Å². The fourth-order valence-corrected chi connectivity index (χ4v) is 3.10. The van der Waals surface area contributed by atoms with E-state index in [0.717, 1.165) is 23.9 Å². The Hall–Kier alpha value is -1.55. The number of nitrogens with two attached hydrogens (primary N) is 1. The van der Waals surface area contributed by atoms with Gasteiger partial charge in [0.25, 0.3) is 0 Å². The van der Waals surface area contributed by atoms with Crippen molar-refractivity contribution in [3.63, 3.8) is 0 Å². The highest BCUT2D eigenvalue weighted by molar-refractivity contribution is 5.88. The molecule has 1 aromatic heterocycles. The highest BCUT2D eigenvalue weighted by atomic mass is 15.3. The summed E-state index contributed by atoms with van der Waals surface area (Å²) in [6.45, 7) is 2.18. The molecule has 1 unspecified atom stereocenters. The van der Waals surface area contributed by atoms with Crippen LogP contribution < -0.4 is 5.73 Å². The van der Waals surface area contributed by atoms with Crippen LogP contribution in [0.1, 0.15) is 25.7 Å². The van der Waals surface area contributed by atoms with E-state index < -0.39 is 0 Å². The van der Waals surface area contributed by atoms with Crippen LogP contribution in [0.4, 0.5) is 5.82 Å². The zero-order chi connectivity index (χ0) is 13.2. The fourth-order valence-electron chi connectivity index (χ4n) is 3.10. The van der Waals surface area contributed by atoms with E-state index in [1.165, 1.54) is 25.8 Å². The molecule has 4 nitrogen and oxygen atoms in total. The SMILES string of the molecule is CN1CCCCC1CCn1nc(N)c2ccccc21. The number of nitrogens with zero attached hydrogens (tertiary/aromatic N) is 3. The van der Waals surface area contributed by atoms with E-state index in [-0.39, 0.29) is 0 Å². The topological polar surface area (TPSA) is 47.1 Å². The molecule has 1 atom stereocenters. The van der Waals surface area contributed by atoms with Crippen LogP contribution in [-0.4, -0.2) is 34.3 Å². The molecule has 1 aliphatic heterocycles. The van der Waals surface area contributed by atoms with Gasteiger partial charge in [-0.2, -0.15) is 5.10 Å². The van der Waals surface area contributed by atoms with Crippen LogP contribution in [0.2, 0.25) is 0 Å². The van der Waals surface area contributed by atoms with Crippen LogP contribution in [0.5, 0.6) is 0 Å². The van der Waals surface area contributed by atoms with Crippen molar-refractivity contribution in [2.24, 2.45) is 0 Å². The molecule has 102 valence electrons. The predicted octanol–water partition coefficient (Wildman–Crippen LogP) is 2.49. The number of anilines is 1. The summed E-state index contributed by atoms with van der Waals surface area (Å²) < 4.78 is 2.06. The third kappa shape index (κ3) is 2.45. The minimum atomic E-state index is 0.646. The Kier molecular flexibility index (Phi) is 3.42. The van der Waals surface area contributed by atoms with Gasteiger partial charge in [0.05, 0.1) is 5.52 Å². The van der Waals surface area contributed by atoms with Crippen LogP contribution in [0.3, 0.4) is 0 Å². The number of nitrogen functional groups attached to an aromatic ring is 1. The Bertz CT molecular complexity index is 560. The van der Waals surface area contributed by atoms with Crippen molar-refractivity contribution in [3.05, 3.63) is 24.3 Å². The lowest BCUT2D eigenvalue weighted by molar-refractivity contribution is 0.170. The van der Waals surface area contributed by atoms with Crippen molar-refractivity contribution in [1.29, 1.82) is 0 Å². The molecular formula is C15H22N4. The summed E-state index contributed by atoms with van der Waals surface area (Å²) in [4.78, 5) is 2.48. The zero-order valence-electron chi connectivity index (χ0n) is 11.5. The second-order valence-electron chi connectivity index (χ2n) is 5.54. The molecule has 2 aromatic rings. The molecule has 4 heteroatoms. The Morgan fingerprint density at radius 2 is 2.16 bits per heavy atom. The van der Waals surface area contributed by atoms with E-state index in [9.17, 15) is 0 Å². The van der Waals surface area contributed by atoms with Crippen LogP contribution in [0, 0.1) is 0 Å². The number of para-hydroxylation sites is 1. The molecule has 0 bridgehead atoms. The first kappa shape index (κ1) is 12.5. The zero-order valence-corrected chi connectivity index (χ0v) is 11.5. The second kappa shape index (κ2) is 5.21. The van der Waals surface area contributed by atoms with Crippen molar-refractivity contribution in [1.82, 2.24) is 14.7 Å². The smallest absolute Gasteiger partial charge is 0.153 e. The molecule has 0 amide bonds. The lowest BCUT2D eigenvalue weighted by atomic mass is 10.0. The average molecular weight is 258 g/mol. The maximum Gasteiger partial charge on any atom is 0.153 e. The maximum absolute atomic E-state index is 5.97. The molecule has 2 heterocycles. The summed E-state index contributed by atoms with van der Waals surface area (Å²) in [6.07, 6.45) is 5.16. The molecule has 0 radical (unpaired) electrons. The number of rotatable bonds is 3. The van der Waals surface area contributed by atoms with E-state index in [2.05, 4.69) is 27.8 Å². The van der Waals surface area contributed by atoms with Gasteiger partial charge >= 0.3 is 0 Å². The van der Waals surface area contributed by atoms with Crippen LogP contribution in [0.15, 0.2) is 24.3 Å². The third-order valence-corrected chi connectivity index (χ3v) is 4.28. The monoisotopic (exact) mass is 258 g/mol. The molecular weight excluding hydrogens is 236 g/mol. The van der Waals surface area contributed by atoms with Crippen LogP contribution in [0.25, 0.3) is 10.9 Å². The summed E-state index contributed by atoms with van der Waals surface area (Å²) in [5.74, 6) is 0.646. The Balaban J connectivity index is 1.75. The number of hydrogen-bond acceptors (Lipinski definition) is 3. The van der Waals surface area contributed by atoms with Crippen molar-refractivity contribution in [3.8, 4) is 0 Å². The third-order valence-electron chi connectivity index (χ3n) is 4.28. The highest BCUT2D eigenvalue weighted by Gasteiger charge is 2.19. The Morgan fingerprint density at radius 1 is 1.32 bits per heavy atom. The quantitative estimate of drug-likeness (QED) is 0.920. The molecule has 1 fully saturated rings. The van der Waals surface area contributed by atoms with Gasteiger partial charge in [-0.05, 0) is 45.0 Å². The fraction of sp³-hybridized carbons (Fsp3) is 0.533. The summed E-state index contributed by atoms with van der Waals surface area (Å²) in [5, 5.41) is 5.54. The van der Waals surface area contributed by atoms with Gasteiger partial charge in [0.1, 0.15) is 0 Å². The molecule has 1 aliphatic rings. The average Bonchev–Trinajstić information content (AvgIpc) is 2.75. The first-order valence-corrected chi connectivity index (χ1v) is 7.17. The number of hydrogen-bond donors (Lipinski definition) is 1. The second-order valence-corrected chi connectivity index (χ2v) is 5.54. The van der Waals surface area contributed by atoms with Crippen molar-refractivity contribution in [2.45, 2.75) is 38.3 Å². The van der Waals surface area contributed by atoms with Crippen molar-refractivity contribution < 1.29 is 0 Å². The Morgan fingerprint density at radius 3 is 3.00 bits per heavy atom. The molecule has 19 heavy (non-hydrogen) atoms. The van der Waals surface area contributed by atoms with Gasteiger partial charge in [0, 0.05) is 18.0 Å². The van der Waals surface area contributed by atoms with Gasteiger partial charge in [-0.1, -0.05) is 18.6 Å². The number of likely N-dealkylation sites (tertiary alicyclic amines) is 1. The number of piperidine rings is 1. The maximum atomic E-state index is 5.97. The van der Waals surface area contributed by atoms with Crippen molar-refractivity contribution in [2.75, 3.05) is 19.3 Å². The summed E-state index contributed by atoms with van der Waals surface area (Å²) in [5.41, 5.74) is 7.12. The summed E-state index contributed by atoms with van der Waals surface area (Å²) >= 11 is 0. The number of aryl methyl sites for hydroxylation is 1. The molecule has 2 N–H and O–H groups in total. The van der Waals surface area contributed by atoms with Gasteiger partial charge in [-0.3, -0.25) is 4.68 Å². The normalized spacial score (nSPS) is 21.0. The largest absolute Gasteiger partial charge is 0.382 e. The van der Waals surface area contributed by atoms with Gasteiger partial charge in [-0.15, -0.1) is 0 Å². The molecule has 0 saturated carbocycles. The van der Waals surface area contributed by atoms with Gasteiger partial charge in [-0.25, -0.2) is 0 Å². The van der Waals surface area contributed by atoms with Gasteiger partial charge in [0.2, 0.25) is 0 Å². The lowest BCUT2D eigenvalue weighted by Crippen LogP contribution is -2.36. The lowest BCUT2D eigenvalue weighted by Gasteiger charge is -2.32. The first-order chi connectivity index (χ1) is 9.25. The van der Waals surface area contributed by atoms with E-state index in [0.29, 0.717) is 11.9 Å². The minimum absolute atomic E-state index is 0.646. The molecule has 1 saturated heterocycles. The minimum Gasteiger partial charge on any atom is -0.382 e. The standard InChI is InChI=1S/C15H22N4/c1-18-10-5-4-6-12(18)9-11-19-14-8-3-2-7-13(14)15(16)17-19/h2-3,7-8,12H,4-6,9-11H2,1H3,(H2,16,17). The van der Waals surface area contributed by atoms with E-state index in [4.69, 9.17) is 5.73 Å². The highest BCUT2D eigenvalue weighted by Crippen LogP contribution is 2.22. The first-order valence-electron chi connectivity index (χ1n) is 7.17. The number of aromatic nitrogens is 2. The number of benzene rings is 1. The van der Waals surface area contributed by atoms with E-state index >= 15 is 0 Å². The van der Waals surface area contributed by atoms with Gasteiger partial charge in [0.15, 0.2) is 5.82 Å². The van der Waals surface area contributed by atoms with Crippen LogP contribution in [-0.2, 0) is 6.54 Å². The molecule has 3 rings (SSSR count). The number of fused-ring (bicyclic) bond motifs is 1. The predicted molar refractivity (Wildman–Crippen MR) is 79.0 cm³/mol. The van der Waals surface area contributed by atoms with E-state index in [1.54, 1.807) is 0 Å². The van der Waals surface area contributed by atoms with Gasteiger partial charge < -0.3 is 10.6 Å². The van der Waals surface area contributed by atoms with Crippen molar-refractivity contribution >= 4 is 16.7 Å². The molecule has 0 spiro atoms. The van der Waals surface area contributed by atoms with E-state index in [1.807, 2.05) is 18.2 Å².